The van der Waals surface area contributed by atoms with E-state index in [-0.39, 0.29) is 33.5 Å². The monoisotopic (exact) mass is 1180 g/mol. The van der Waals surface area contributed by atoms with Crippen LogP contribution in [-0.4, -0.2) is 82.3 Å². The lowest BCUT2D eigenvalue weighted by atomic mass is 10.1. The highest BCUT2D eigenvalue weighted by molar-refractivity contribution is 8.19. The van der Waals surface area contributed by atoms with Crippen molar-refractivity contribution >= 4 is 142 Å². The second-order valence-electron chi connectivity index (χ2n) is 16.2. The number of rotatable bonds is 15. The van der Waals surface area contributed by atoms with E-state index in [1.54, 1.807) is 36.4 Å². The lowest BCUT2D eigenvalue weighted by Crippen LogP contribution is -2.12. The van der Waals surface area contributed by atoms with Gasteiger partial charge in [0.25, 0.3) is 36.3 Å². The van der Waals surface area contributed by atoms with Crippen LogP contribution in [0.1, 0.15) is 10.4 Å². The zero-order chi connectivity index (χ0) is 57.6. The summed E-state index contributed by atoms with van der Waals surface area (Å²) in [7, 11) is -25.2. The smallest absolute Gasteiger partial charge is 0.296 e. The van der Waals surface area contributed by atoms with E-state index < -0.39 is 150 Å². The molecule has 8 aromatic carbocycles. The van der Waals surface area contributed by atoms with Gasteiger partial charge in [-0.2, -0.15) is 40.6 Å². The quantitative estimate of drug-likeness (QED) is 0.0257. The fraction of sp³-hybridized carbons (Fsp3) is 0. The fourth-order valence-electron chi connectivity index (χ4n) is 7.41. The number of anilines is 3. The lowest BCUT2D eigenvalue weighted by molar-refractivity contribution is 0.102. The molecule has 0 atom stereocenters. The van der Waals surface area contributed by atoms with Gasteiger partial charge >= 0.3 is 0 Å². The van der Waals surface area contributed by atoms with Gasteiger partial charge in [-0.05, 0) is 102 Å². The third-order valence-corrected chi connectivity index (χ3v) is 15.4. The Bertz CT molecular complexity index is 4280. The number of carbonyl (C=O) groups is 1. The van der Waals surface area contributed by atoms with Gasteiger partial charge in [-0.1, -0.05) is 36.4 Å². The maximum atomic E-state index is 13.4. The number of nitrogens with one attached hydrogen (secondary N) is 1. The minimum atomic E-state index is -5.30. The number of fused-ring (bicyclic) bond motifs is 2. The Balaban J connectivity index is 1.09. The Kier molecular flexibility index (Phi) is 15.4. The predicted octanol–water partition coefficient (Wildman–Crippen LogP) is 12.4. The average molecular weight is 1180 g/mol. The molecule has 0 unspecified atom stereocenters. The first-order chi connectivity index (χ1) is 36.9. The Morgan fingerprint density at radius 2 is 0.772 bits per heavy atom. The number of nitrogens with zero attached hydrogens (tertiary/aromatic N) is 8. The van der Waals surface area contributed by atoms with Gasteiger partial charge in [0.1, 0.15) is 64.9 Å². The topological polar surface area (TPSA) is 505 Å². The Labute approximate surface area is 447 Å². The molecule has 0 aliphatic heterocycles. The number of nitrogens with two attached hydrogens (primary N) is 2. The van der Waals surface area contributed by atoms with Crippen LogP contribution in [0.15, 0.2) is 193 Å². The number of nitrogen functional groups attached to an aromatic ring is 2. The van der Waals surface area contributed by atoms with E-state index in [9.17, 15) is 81.2 Å². The summed E-state index contributed by atoms with van der Waals surface area (Å²) in [4.78, 5) is 8.65. The van der Waals surface area contributed by atoms with Crippen LogP contribution in [0.3, 0.4) is 0 Å². The zero-order valence-electron chi connectivity index (χ0n) is 39.2. The van der Waals surface area contributed by atoms with E-state index in [1.165, 1.54) is 48.5 Å². The maximum absolute atomic E-state index is 13.4. The van der Waals surface area contributed by atoms with Gasteiger partial charge in [-0.3, -0.25) is 18.5 Å². The molecule has 0 aliphatic rings. The summed E-state index contributed by atoms with van der Waals surface area (Å²) in [6.45, 7) is 0. The van der Waals surface area contributed by atoms with Crippen molar-refractivity contribution in [2.24, 2.45) is 40.9 Å². The van der Waals surface area contributed by atoms with E-state index >= 15 is 0 Å². The normalized spacial score (nSPS) is 13.4. The van der Waals surface area contributed by atoms with Crippen molar-refractivity contribution < 1.29 is 81.2 Å². The molecule has 0 saturated carbocycles. The molecule has 0 aromatic heterocycles. The van der Waals surface area contributed by atoms with Crippen LogP contribution in [0, 0.1) is 0 Å². The molecular weight excluding hydrogens is 1140 g/mol. The highest BCUT2D eigenvalue weighted by atomic mass is 32.3. The fourth-order valence-corrected chi connectivity index (χ4v) is 10.8. The first-order valence-corrected chi connectivity index (χ1v) is 28.7. The minimum Gasteiger partial charge on any atom is -0.505 e. The largest absolute Gasteiger partial charge is 0.505 e. The average Bonchev–Trinajstić information content (AvgIpc) is 3.55. The van der Waals surface area contributed by atoms with E-state index in [0.29, 0.717) is 12.1 Å². The number of amides is 1. The summed E-state index contributed by atoms with van der Waals surface area (Å²) >= 11 is 0. The second kappa shape index (κ2) is 21.4. The lowest BCUT2D eigenvalue weighted by Gasteiger charge is -2.23. The van der Waals surface area contributed by atoms with Crippen molar-refractivity contribution in [2.45, 2.75) is 24.5 Å². The van der Waals surface area contributed by atoms with Gasteiger partial charge in [0.15, 0.2) is 11.5 Å². The number of phenolic OH excluding ortho intramolecular Hbond substituents is 2. The summed E-state index contributed by atoms with van der Waals surface area (Å²) in [5, 5.41) is 54.5. The van der Waals surface area contributed by atoms with E-state index in [0.717, 1.165) is 30.3 Å². The first kappa shape index (κ1) is 56.7. The Morgan fingerprint density at radius 3 is 1.22 bits per heavy atom. The number of carbonyl (C=O) groups excluding carboxylic acids is 1. The van der Waals surface area contributed by atoms with Crippen molar-refractivity contribution in [3.63, 3.8) is 0 Å². The second-order valence-corrected chi connectivity index (χ2v) is 23.4. The highest BCUT2D eigenvalue weighted by Gasteiger charge is 2.32. The van der Waals surface area contributed by atoms with Crippen molar-refractivity contribution in [1.29, 1.82) is 0 Å². The Morgan fingerprint density at radius 1 is 0.405 bits per heavy atom. The van der Waals surface area contributed by atoms with Crippen molar-refractivity contribution in [1.82, 2.24) is 0 Å². The number of aromatic hydroxyl groups is 2. The summed E-state index contributed by atoms with van der Waals surface area (Å²) in [6.07, 6.45) is 0. The predicted molar refractivity (Wildman–Crippen MR) is 287 cm³/mol. The molecule has 0 aliphatic carbocycles. The van der Waals surface area contributed by atoms with E-state index in [1.807, 2.05) is 0 Å². The van der Waals surface area contributed by atoms with Gasteiger partial charge in [0.05, 0.1) is 49.0 Å². The van der Waals surface area contributed by atoms with Crippen molar-refractivity contribution in [3.05, 3.63) is 133 Å². The van der Waals surface area contributed by atoms with Crippen LogP contribution in [0.2, 0.25) is 0 Å². The molecule has 0 saturated heterocycles. The molecule has 79 heavy (non-hydrogen) atoms. The summed E-state index contributed by atoms with van der Waals surface area (Å²) < 4.78 is 168. The molecule has 34 heteroatoms. The number of phenols is 2. The molecular formula is C45H37N11O18S5. The van der Waals surface area contributed by atoms with Crippen LogP contribution in [0.25, 0.3) is 21.5 Å². The SMILES string of the molecule is Nc1c(N=Nc2ccccc2)c(S(=O)(=O)O)cc2cc(S(O)(O)O)c(N=Nc3ccc(C(=O)Nc4ccc(N=Nc5c(S(=O)(=O)O)cc6cc(S(O)(O)O)c(N=Nc7ccccc7)c(N)c6c5O)cc4)cc3S(=O)(=O)O)c(O)c12. The van der Waals surface area contributed by atoms with Crippen LogP contribution < -0.4 is 16.8 Å². The summed E-state index contributed by atoms with van der Waals surface area (Å²) in [6, 6.07) is 26.2. The molecule has 0 spiro atoms. The van der Waals surface area contributed by atoms with E-state index in [2.05, 4.69) is 46.2 Å². The number of hydrogen-bond acceptors (Lipinski definition) is 25. The van der Waals surface area contributed by atoms with Gasteiger partial charge in [0.2, 0.25) is 0 Å². The molecule has 0 fully saturated rings. The van der Waals surface area contributed by atoms with Crippen molar-refractivity contribution in [2.75, 3.05) is 16.8 Å². The highest BCUT2D eigenvalue weighted by Crippen LogP contribution is 2.58. The van der Waals surface area contributed by atoms with Gasteiger partial charge < -0.3 is 54.3 Å². The third-order valence-electron chi connectivity index (χ3n) is 11.0. The van der Waals surface area contributed by atoms with E-state index in [4.69, 9.17) is 11.5 Å². The molecule has 0 heterocycles. The molecule has 29 nitrogen and oxygen atoms in total. The third kappa shape index (κ3) is 12.3. The maximum Gasteiger partial charge on any atom is 0.296 e. The first-order valence-electron chi connectivity index (χ1n) is 21.4. The number of benzene rings is 8. The molecule has 8 aromatic rings. The zero-order valence-corrected chi connectivity index (χ0v) is 43.3. The van der Waals surface area contributed by atoms with Gasteiger partial charge in [-0.15, -0.1) is 25.6 Å². The standard InChI is InChI=1S/C45H37N11O18S5/c46-37-35-23(18-31(76(63,64)65)39(37)53-49-26-7-3-1-4-8-26)20-33(78(69,70)71)41(43(35)57)55-51-28-14-12-25(13-15-28)48-45(59)22-11-16-29(30(17-22)75(60,61)62)52-56-42-34(79(72,73)74)21-24-19-32(77(66,67)68)40(38(47)36(24)44(42)58)54-50-27-9-5-2-6-10-27/h1-21,57-58,63-65,72-74H,46-47H2,(H,48,59)(H,60,61,62)(H,66,67,68)(H,69,70,71). The van der Waals surface area contributed by atoms with Crippen LogP contribution >= 0.6 is 21.7 Å². The molecule has 0 bridgehead atoms. The van der Waals surface area contributed by atoms with Gasteiger partial charge in [-0.25, -0.2) is 0 Å². The molecule has 16 N–H and O–H groups in total. The van der Waals surface area contributed by atoms with Crippen LogP contribution in [0.4, 0.5) is 62.6 Å². The number of azo groups is 4. The summed E-state index contributed by atoms with van der Waals surface area (Å²) in [5.74, 6) is -3.11. The molecule has 0 radical (unpaired) electrons. The Hall–Kier alpha value is -8.46. The molecule has 1 amide bonds. The van der Waals surface area contributed by atoms with Gasteiger partial charge in [0, 0.05) is 11.3 Å². The number of hydrogen-bond donors (Lipinski definition) is 14. The minimum absolute atomic E-state index is 0.0129. The van der Waals surface area contributed by atoms with Crippen LogP contribution in [-0.2, 0) is 30.4 Å². The van der Waals surface area contributed by atoms with Crippen LogP contribution in [0.5, 0.6) is 11.5 Å². The molecule has 8 rings (SSSR count). The molecule has 410 valence electrons. The van der Waals surface area contributed by atoms with Crippen molar-refractivity contribution in [3.8, 4) is 11.5 Å². The summed E-state index contributed by atoms with van der Waals surface area (Å²) in [5.41, 5.74) is 7.54.